The zero-order valence-electron chi connectivity index (χ0n) is 17.9. The molecule has 0 unspecified atom stereocenters. The van der Waals surface area contributed by atoms with Gasteiger partial charge in [0.15, 0.2) is 0 Å². The van der Waals surface area contributed by atoms with E-state index in [0.717, 1.165) is 43.2 Å². The summed E-state index contributed by atoms with van der Waals surface area (Å²) in [7, 11) is -3.42. The van der Waals surface area contributed by atoms with Gasteiger partial charge in [-0.2, -0.15) is 4.31 Å². The number of hydrogen-bond donors (Lipinski definition) is 1. The normalized spacial score (nSPS) is 15.3. The van der Waals surface area contributed by atoms with Crippen LogP contribution in [0.25, 0.3) is 11.3 Å². The van der Waals surface area contributed by atoms with Crippen LogP contribution >= 0.6 is 0 Å². The molecule has 2 aromatic carbocycles. The molecule has 1 saturated heterocycles. The van der Waals surface area contributed by atoms with Gasteiger partial charge in [-0.15, -0.1) is 10.2 Å². The van der Waals surface area contributed by atoms with E-state index in [9.17, 15) is 12.8 Å². The first-order valence-electron chi connectivity index (χ1n) is 10.9. The summed E-state index contributed by atoms with van der Waals surface area (Å²) >= 11 is 0. The molecule has 0 aliphatic carbocycles. The van der Waals surface area contributed by atoms with Crippen molar-refractivity contribution in [3.8, 4) is 11.3 Å². The molecule has 1 N–H and O–H groups in total. The molecule has 0 spiro atoms. The van der Waals surface area contributed by atoms with Gasteiger partial charge in [-0.3, -0.25) is 0 Å². The highest BCUT2D eigenvalue weighted by molar-refractivity contribution is 7.89. The zero-order valence-corrected chi connectivity index (χ0v) is 18.7. The summed E-state index contributed by atoms with van der Waals surface area (Å²) in [6, 6.07) is 17.0. The maximum absolute atomic E-state index is 13.0. The van der Waals surface area contributed by atoms with Gasteiger partial charge in [-0.25, -0.2) is 12.8 Å². The summed E-state index contributed by atoms with van der Waals surface area (Å²) in [5.41, 5.74) is 2.53. The number of benzene rings is 2. The number of nitrogens with zero attached hydrogens (tertiary/aromatic N) is 3. The van der Waals surface area contributed by atoms with Gasteiger partial charge in [-0.05, 0) is 73.4 Å². The topological polar surface area (TPSA) is 75.2 Å². The van der Waals surface area contributed by atoms with Crippen LogP contribution in [0.1, 0.15) is 31.2 Å². The third-order valence-corrected chi connectivity index (χ3v) is 7.56. The molecule has 0 atom stereocenters. The number of anilines is 1. The fourth-order valence-corrected chi connectivity index (χ4v) is 5.31. The summed E-state index contributed by atoms with van der Waals surface area (Å²) in [5.74, 6) is 0.365. The summed E-state index contributed by atoms with van der Waals surface area (Å²) in [6.07, 6.45) is 4.77. The SMILES string of the molecule is O=S(=O)(c1ccc(CCNc2ccc(-c3ccc(F)cc3)nn2)cc1)N1CCCCCC1. The van der Waals surface area contributed by atoms with Crippen LogP contribution < -0.4 is 5.32 Å². The minimum absolute atomic E-state index is 0.285. The standard InChI is InChI=1S/C24H27FN4O2S/c25-21-9-7-20(8-10-21)23-13-14-24(28-27-23)26-16-15-19-5-11-22(12-6-19)32(30,31)29-17-3-1-2-4-18-29/h5-14H,1-4,15-18H2,(H,26,28). The first kappa shape index (κ1) is 22.4. The minimum atomic E-state index is -3.42. The van der Waals surface area contributed by atoms with Crippen LogP contribution in [0.15, 0.2) is 65.6 Å². The maximum Gasteiger partial charge on any atom is 0.243 e. The molecule has 1 aliphatic rings. The van der Waals surface area contributed by atoms with Gasteiger partial charge >= 0.3 is 0 Å². The second kappa shape index (κ2) is 10.2. The molecule has 2 heterocycles. The second-order valence-electron chi connectivity index (χ2n) is 7.95. The molecule has 0 radical (unpaired) electrons. The van der Waals surface area contributed by atoms with Crippen molar-refractivity contribution in [3.63, 3.8) is 0 Å². The summed E-state index contributed by atoms with van der Waals surface area (Å²) in [5, 5.41) is 11.6. The van der Waals surface area contributed by atoms with E-state index in [1.54, 1.807) is 28.6 Å². The molecule has 1 aromatic heterocycles. The lowest BCUT2D eigenvalue weighted by Crippen LogP contribution is -2.31. The molecule has 1 aliphatic heterocycles. The average Bonchev–Trinajstić information content (AvgIpc) is 3.11. The number of aromatic nitrogens is 2. The van der Waals surface area contributed by atoms with Gasteiger partial charge < -0.3 is 5.32 Å². The lowest BCUT2D eigenvalue weighted by molar-refractivity contribution is 0.423. The van der Waals surface area contributed by atoms with Crippen LogP contribution in [0.3, 0.4) is 0 Å². The van der Waals surface area contributed by atoms with Crippen molar-refractivity contribution < 1.29 is 12.8 Å². The van der Waals surface area contributed by atoms with Gasteiger partial charge in [0.25, 0.3) is 0 Å². The second-order valence-corrected chi connectivity index (χ2v) is 9.89. The third-order valence-electron chi connectivity index (χ3n) is 5.65. The fourth-order valence-electron chi connectivity index (χ4n) is 3.80. The van der Waals surface area contributed by atoms with E-state index in [1.807, 2.05) is 24.3 Å². The minimum Gasteiger partial charge on any atom is -0.368 e. The number of rotatable bonds is 7. The quantitative estimate of drug-likeness (QED) is 0.569. The van der Waals surface area contributed by atoms with Crippen molar-refractivity contribution >= 4 is 15.8 Å². The molecule has 8 heteroatoms. The first-order valence-corrected chi connectivity index (χ1v) is 12.4. The largest absolute Gasteiger partial charge is 0.368 e. The molecule has 0 bridgehead atoms. The van der Waals surface area contributed by atoms with Crippen LogP contribution in [-0.4, -0.2) is 42.6 Å². The Morgan fingerprint density at radius 3 is 2.16 bits per heavy atom. The lowest BCUT2D eigenvalue weighted by Gasteiger charge is -2.20. The molecular weight excluding hydrogens is 427 g/mol. The van der Waals surface area contributed by atoms with Crippen LogP contribution in [0.4, 0.5) is 10.2 Å². The molecule has 4 rings (SSSR count). The summed E-state index contributed by atoms with van der Waals surface area (Å²) in [4.78, 5) is 0.360. The van der Waals surface area contributed by atoms with E-state index in [2.05, 4.69) is 15.5 Å². The number of sulfonamides is 1. The van der Waals surface area contributed by atoms with E-state index in [0.29, 0.717) is 36.0 Å². The van der Waals surface area contributed by atoms with E-state index < -0.39 is 10.0 Å². The highest BCUT2D eigenvalue weighted by Crippen LogP contribution is 2.21. The van der Waals surface area contributed by atoms with Gasteiger partial charge in [0.05, 0.1) is 10.6 Å². The smallest absolute Gasteiger partial charge is 0.243 e. The van der Waals surface area contributed by atoms with Gasteiger partial charge in [0, 0.05) is 25.2 Å². The average molecular weight is 455 g/mol. The van der Waals surface area contributed by atoms with Crippen molar-refractivity contribution in [1.29, 1.82) is 0 Å². The van der Waals surface area contributed by atoms with Gasteiger partial charge in [0.1, 0.15) is 11.6 Å². The molecule has 3 aromatic rings. The molecule has 32 heavy (non-hydrogen) atoms. The van der Waals surface area contributed by atoms with Crippen LogP contribution in [0, 0.1) is 5.82 Å². The van der Waals surface area contributed by atoms with Crippen LogP contribution in [-0.2, 0) is 16.4 Å². The molecule has 0 amide bonds. The highest BCUT2D eigenvalue weighted by atomic mass is 32.2. The zero-order chi connectivity index (χ0) is 22.4. The summed E-state index contributed by atoms with van der Waals surface area (Å²) in [6.45, 7) is 1.85. The Labute approximate surface area is 188 Å². The number of halogens is 1. The molecular formula is C24H27FN4O2S. The van der Waals surface area contributed by atoms with Crippen molar-refractivity contribution in [2.75, 3.05) is 25.0 Å². The van der Waals surface area contributed by atoms with Crippen molar-refractivity contribution in [3.05, 3.63) is 72.0 Å². The van der Waals surface area contributed by atoms with E-state index in [4.69, 9.17) is 0 Å². The Bertz CT molecular complexity index is 1110. The predicted molar refractivity (Wildman–Crippen MR) is 123 cm³/mol. The Hall–Kier alpha value is -2.84. The molecule has 0 saturated carbocycles. The van der Waals surface area contributed by atoms with Crippen LogP contribution in [0.5, 0.6) is 0 Å². The molecule has 168 valence electrons. The maximum atomic E-state index is 13.0. The Kier molecular flexibility index (Phi) is 7.12. The third kappa shape index (κ3) is 5.49. The summed E-state index contributed by atoms with van der Waals surface area (Å²) < 4.78 is 40.4. The highest BCUT2D eigenvalue weighted by Gasteiger charge is 2.24. The molecule has 1 fully saturated rings. The number of nitrogens with one attached hydrogen (secondary N) is 1. The Morgan fingerprint density at radius 2 is 1.53 bits per heavy atom. The van der Waals surface area contributed by atoms with Crippen molar-refractivity contribution in [2.24, 2.45) is 0 Å². The number of hydrogen-bond acceptors (Lipinski definition) is 5. The Morgan fingerprint density at radius 1 is 0.844 bits per heavy atom. The van der Waals surface area contributed by atoms with Gasteiger partial charge in [-0.1, -0.05) is 25.0 Å². The van der Waals surface area contributed by atoms with E-state index in [-0.39, 0.29) is 5.82 Å². The molecule has 6 nitrogen and oxygen atoms in total. The first-order chi connectivity index (χ1) is 15.5. The lowest BCUT2D eigenvalue weighted by atomic mass is 10.1. The Balaban J connectivity index is 1.31. The monoisotopic (exact) mass is 454 g/mol. The van der Waals surface area contributed by atoms with Gasteiger partial charge in [0.2, 0.25) is 10.0 Å². The van der Waals surface area contributed by atoms with Crippen LogP contribution in [0.2, 0.25) is 0 Å². The van der Waals surface area contributed by atoms with Crippen molar-refractivity contribution in [1.82, 2.24) is 14.5 Å². The van der Waals surface area contributed by atoms with E-state index >= 15 is 0 Å². The predicted octanol–water partition coefficient (Wildman–Crippen LogP) is 4.50. The van der Waals surface area contributed by atoms with Crippen molar-refractivity contribution in [2.45, 2.75) is 37.0 Å². The van der Waals surface area contributed by atoms with E-state index in [1.165, 1.54) is 12.1 Å². The fraction of sp³-hybridized carbons (Fsp3) is 0.333.